The van der Waals surface area contributed by atoms with Crippen molar-refractivity contribution in [2.45, 2.75) is 56.1 Å². The number of methoxy groups -OCH3 is 1. The Hall–Kier alpha value is -3.44. The molecule has 3 aromatic carbocycles. The summed E-state index contributed by atoms with van der Waals surface area (Å²) in [4.78, 5) is 31.6. The maximum Gasteiger partial charge on any atom is 0.328 e. The molecule has 0 spiro atoms. The van der Waals surface area contributed by atoms with Crippen LogP contribution in [0.2, 0.25) is 0 Å². The van der Waals surface area contributed by atoms with Crippen molar-refractivity contribution in [2.75, 3.05) is 20.2 Å². The van der Waals surface area contributed by atoms with Gasteiger partial charge in [0.1, 0.15) is 6.04 Å². The van der Waals surface area contributed by atoms with Gasteiger partial charge in [0, 0.05) is 18.6 Å². The van der Waals surface area contributed by atoms with Crippen molar-refractivity contribution in [1.29, 1.82) is 0 Å². The number of hydrogen-bond donors (Lipinski definition) is 0. The van der Waals surface area contributed by atoms with Crippen LogP contribution in [0.3, 0.4) is 0 Å². The molecular formula is C32H36N2O3. The fourth-order valence-electron chi connectivity index (χ4n) is 6.20. The number of nitrogens with zero attached hydrogens (tertiary/aromatic N) is 2. The van der Waals surface area contributed by atoms with Crippen LogP contribution in [0.4, 0.5) is 0 Å². The van der Waals surface area contributed by atoms with E-state index >= 15 is 0 Å². The van der Waals surface area contributed by atoms with E-state index in [0.717, 1.165) is 36.9 Å². The van der Waals surface area contributed by atoms with E-state index in [4.69, 9.17) is 4.74 Å². The second-order valence-corrected chi connectivity index (χ2v) is 10.3. The zero-order valence-electron chi connectivity index (χ0n) is 21.5. The summed E-state index contributed by atoms with van der Waals surface area (Å²) in [5.74, 6) is -0.825. The maximum absolute atomic E-state index is 14.3. The molecule has 5 nitrogen and oxygen atoms in total. The molecule has 5 heteroatoms. The van der Waals surface area contributed by atoms with E-state index in [1.165, 1.54) is 19.1 Å². The fourth-order valence-corrected chi connectivity index (χ4v) is 6.20. The number of carbonyl (C=O) groups is 2. The van der Waals surface area contributed by atoms with E-state index in [9.17, 15) is 9.59 Å². The number of ether oxygens (including phenoxy) is 1. The van der Waals surface area contributed by atoms with Gasteiger partial charge in [-0.05, 0) is 48.9 Å². The summed E-state index contributed by atoms with van der Waals surface area (Å²) < 4.78 is 5.21. The number of benzene rings is 3. The van der Waals surface area contributed by atoms with Gasteiger partial charge in [-0.25, -0.2) is 4.79 Å². The molecule has 5 rings (SSSR count). The molecule has 0 radical (unpaired) electrons. The minimum Gasteiger partial charge on any atom is -0.467 e. The summed E-state index contributed by atoms with van der Waals surface area (Å²) in [5.41, 5.74) is 3.21. The van der Waals surface area contributed by atoms with E-state index in [2.05, 4.69) is 35.2 Å². The van der Waals surface area contributed by atoms with Gasteiger partial charge in [-0.15, -0.1) is 0 Å². The van der Waals surface area contributed by atoms with Gasteiger partial charge < -0.3 is 9.64 Å². The number of carbonyl (C=O) groups excluding carboxylic acids is 2. The molecule has 0 aromatic heterocycles. The van der Waals surface area contributed by atoms with E-state index < -0.39 is 12.0 Å². The first-order valence-electron chi connectivity index (χ1n) is 13.4. The van der Waals surface area contributed by atoms with Crippen LogP contribution in [-0.4, -0.2) is 60.0 Å². The smallest absolute Gasteiger partial charge is 0.328 e. The second-order valence-electron chi connectivity index (χ2n) is 10.3. The first kappa shape index (κ1) is 25.2. The molecule has 2 unspecified atom stereocenters. The van der Waals surface area contributed by atoms with Crippen LogP contribution in [0.5, 0.6) is 0 Å². The van der Waals surface area contributed by atoms with Crippen molar-refractivity contribution in [1.82, 2.24) is 9.80 Å². The predicted molar refractivity (Wildman–Crippen MR) is 145 cm³/mol. The van der Waals surface area contributed by atoms with Crippen molar-refractivity contribution in [3.63, 3.8) is 0 Å². The van der Waals surface area contributed by atoms with E-state index in [1.54, 1.807) is 4.90 Å². The molecule has 2 aliphatic heterocycles. The third-order valence-corrected chi connectivity index (χ3v) is 8.00. The highest BCUT2D eigenvalue weighted by molar-refractivity contribution is 5.91. The lowest BCUT2D eigenvalue weighted by molar-refractivity contribution is -0.151. The lowest BCUT2D eigenvalue weighted by Gasteiger charge is -2.40. The van der Waals surface area contributed by atoms with Crippen LogP contribution in [0, 0.1) is 0 Å². The van der Waals surface area contributed by atoms with Gasteiger partial charge >= 0.3 is 5.97 Å². The molecule has 0 N–H and O–H groups in total. The third-order valence-electron chi connectivity index (χ3n) is 8.00. The molecular weight excluding hydrogens is 460 g/mol. The Morgan fingerprint density at radius 3 is 2.05 bits per heavy atom. The Labute approximate surface area is 220 Å². The number of hydrogen-bond acceptors (Lipinski definition) is 4. The van der Waals surface area contributed by atoms with E-state index in [-0.39, 0.29) is 17.9 Å². The summed E-state index contributed by atoms with van der Waals surface area (Å²) >= 11 is 0. The first-order chi connectivity index (χ1) is 18.2. The van der Waals surface area contributed by atoms with Crippen molar-refractivity contribution >= 4 is 11.9 Å². The van der Waals surface area contributed by atoms with Gasteiger partial charge in [0.25, 0.3) is 0 Å². The van der Waals surface area contributed by atoms with E-state index in [1.807, 2.05) is 60.7 Å². The van der Waals surface area contributed by atoms with Gasteiger partial charge in [0.2, 0.25) is 5.91 Å². The number of esters is 1. The maximum atomic E-state index is 14.3. The fraction of sp³-hybridized carbons (Fsp3) is 0.375. The first-order valence-corrected chi connectivity index (χ1v) is 13.4. The van der Waals surface area contributed by atoms with Crippen LogP contribution in [0.25, 0.3) is 0 Å². The highest BCUT2D eigenvalue weighted by Gasteiger charge is 2.46. The third kappa shape index (κ3) is 5.62. The quantitative estimate of drug-likeness (QED) is 0.429. The summed E-state index contributed by atoms with van der Waals surface area (Å²) in [7, 11) is 1.42. The minimum atomic E-state index is -0.572. The monoisotopic (exact) mass is 496 g/mol. The van der Waals surface area contributed by atoms with Crippen LogP contribution in [0.15, 0.2) is 91.0 Å². The van der Waals surface area contributed by atoms with Crippen LogP contribution >= 0.6 is 0 Å². The number of likely N-dealkylation sites (tertiary alicyclic amines) is 2. The van der Waals surface area contributed by atoms with Gasteiger partial charge in [-0.3, -0.25) is 9.69 Å². The van der Waals surface area contributed by atoms with E-state index in [0.29, 0.717) is 19.0 Å². The Balaban J connectivity index is 1.43. The topological polar surface area (TPSA) is 49.9 Å². The molecule has 192 valence electrons. The number of rotatable bonds is 7. The summed E-state index contributed by atoms with van der Waals surface area (Å²) in [6.45, 7) is 1.54. The zero-order chi connectivity index (χ0) is 25.6. The summed E-state index contributed by atoms with van der Waals surface area (Å²) in [6.07, 6.45) is 5.10. The van der Waals surface area contributed by atoms with Crippen LogP contribution in [-0.2, 0) is 20.7 Å². The van der Waals surface area contributed by atoms with Crippen molar-refractivity contribution in [2.24, 2.45) is 0 Å². The zero-order valence-corrected chi connectivity index (χ0v) is 21.5. The van der Waals surface area contributed by atoms with Crippen molar-refractivity contribution in [3.05, 3.63) is 108 Å². The minimum absolute atomic E-state index is 0.0353. The van der Waals surface area contributed by atoms with Crippen LogP contribution < -0.4 is 0 Å². The van der Waals surface area contributed by atoms with Crippen molar-refractivity contribution < 1.29 is 14.3 Å². The molecule has 2 heterocycles. The Kier molecular flexibility index (Phi) is 8.00. The summed E-state index contributed by atoms with van der Waals surface area (Å²) in [6, 6.07) is 30.4. The molecule has 0 aliphatic carbocycles. The summed E-state index contributed by atoms with van der Waals surface area (Å²) in [5, 5.41) is 0. The highest BCUT2D eigenvalue weighted by Crippen LogP contribution is 2.34. The lowest BCUT2D eigenvalue weighted by atomic mass is 9.90. The second kappa shape index (κ2) is 11.7. The van der Waals surface area contributed by atoms with Gasteiger partial charge in [-0.2, -0.15) is 0 Å². The molecule has 0 bridgehead atoms. The van der Waals surface area contributed by atoms with Gasteiger partial charge in [0.15, 0.2) is 0 Å². The van der Waals surface area contributed by atoms with Crippen molar-refractivity contribution in [3.8, 4) is 0 Å². The molecule has 1 amide bonds. The molecule has 37 heavy (non-hydrogen) atoms. The molecule has 0 saturated carbocycles. The average Bonchev–Trinajstić information content (AvgIpc) is 3.40. The molecule has 3 atom stereocenters. The Bertz CT molecular complexity index is 1130. The largest absolute Gasteiger partial charge is 0.467 e. The highest BCUT2D eigenvalue weighted by atomic mass is 16.5. The number of amides is 1. The normalized spacial score (nSPS) is 22.2. The molecule has 2 fully saturated rings. The average molecular weight is 497 g/mol. The van der Waals surface area contributed by atoms with Gasteiger partial charge in [-0.1, -0.05) is 97.4 Å². The molecule has 2 aliphatic rings. The Morgan fingerprint density at radius 2 is 1.46 bits per heavy atom. The van der Waals surface area contributed by atoms with Crippen LogP contribution in [0.1, 0.15) is 48.3 Å². The lowest BCUT2D eigenvalue weighted by Crippen LogP contribution is -2.49. The number of piperidine rings is 1. The SMILES string of the molecule is COC(=O)C1C[C@H](N2CCCCC2Cc2ccccc2)CN1C(=O)C(c1ccccc1)c1ccccc1. The van der Waals surface area contributed by atoms with Gasteiger partial charge in [0.05, 0.1) is 13.0 Å². The molecule has 3 aromatic rings. The molecule has 2 saturated heterocycles. The predicted octanol–water partition coefficient (Wildman–Crippen LogP) is 5.06. The Morgan fingerprint density at radius 1 is 0.865 bits per heavy atom. The standard InChI is InChI=1S/C32H36N2O3/c1-37-32(36)29-22-28(33-20-12-11-19-27(33)21-24-13-5-2-6-14-24)23-34(29)31(35)30(25-15-7-3-8-16-25)26-17-9-4-10-18-26/h2-10,13-18,27-30H,11-12,19-23H2,1H3/t27?,28-,29?/m0/s1.